The first kappa shape index (κ1) is 22.2. The zero-order chi connectivity index (χ0) is 16.7. The van der Waals surface area contributed by atoms with Gasteiger partial charge in [-0.2, -0.15) is 0 Å². The van der Waals surface area contributed by atoms with Gasteiger partial charge in [0.2, 0.25) is 0 Å². The third kappa shape index (κ3) is 16.9. The van der Waals surface area contributed by atoms with Crippen molar-refractivity contribution in [2.24, 2.45) is 0 Å². The van der Waals surface area contributed by atoms with E-state index in [-0.39, 0.29) is 24.1 Å². The van der Waals surface area contributed by atoms with Gasteiger partial charge in [-0.05, 0) is 33.1 Å². The van der Waals surface area contributed by atoms with Crippen LogP contribution in [0.4, 0.5) is 0 Å². The summed E-state index contributed by atoms with van der Waals surface area (Å²) >= 11 is 0. The SMILES string of the molecule is CCC(=O)OC(C)CC.CCCCCC(=O)OC(C)CC. The maximum Gasteiger partial charge on any atom is 0.306 e. The van der Waals surface area contributed by atoms with Crippen LogP contribution in [0, 0.1) is 0 Å². The van der Waals surface area contributed by atoms with Crippen LogP contribution in [0.5, 0.6) is 0 Å². The summed E-state index contributed by atoms with van der Waals surface area (Å²) in [7, 11) is 0. The summed E-state index contributed by atoms with van der Waals surface area (Å²) in [6.45, 7) is 11.8. The first-order valence-corrected chi connectivity index (χ1v) is 8.29. The van der Waals surface area contributed by atoms with E-state index in [1.54, 1.807) is 6.92 Å². The van der Waals surface area contributed by atoms with E-state index in [1.165, 1.54) is 0 Å². The highest BCUT2D eigenvalue weighted by Crippen LogP contribution is 2.04. The number of hydrogen-bond acceptors (Lipinski definition) is 4. The minimum absolute atomic E-state index is 0.0437. The smallest absolute Gasteiger partial charge is 0.306 e. The van der Waals surface area contributed by atoms with E-state index in [1.807, 2.05) is 27.7 Å². The molecule has 0 amide bonds. The maximum absolute atomic E-state index is 11.1. The van der Waals surface area contributed by atoms with E-state index in [9.17, 15) is 9.59 Å². The van der Waals surface area contributed by atoms with Crippen LogP contribution in [0.1, 0.15) is 86.5 Å². The summed E-state index contributed by atoms with van der Waals surface area (Å²) in [6.07, 6.45) is 6.25. The molecule has 0 aliphatic rings. The molecule has 0 bridgehead atoms. The Morgan fingerprint density at radius 1 is 0.810 bits per heavy atom. The van der Waals surface area contributed by atoms with Crippen LogP contribution in [0.15, 0.2) is 0 Å². The van der Waals surface area contributed by atoms with Gasteiger partial charge >= 0.3 is 11.9 Å². The van der Waals surface area contributed by atoms with Gasteiger partial charge in [0, 0.05) is 12.8 Å². The molecule has 0 radical (unpaired) electrons. The molecule has 2 unspecified atom stereocenters. The molecule has 0 N–H and O–H groups in total. The normalized spacial score (nSPS) is 12.7. The Labute approximate surface area is 130 Å². The largest absolute Gasteiger partial charge is 0.463 e. The van der Waals surface area contributed by atoms with Gasteiger partial charge in [0.25, 0.3) is 0 Å². The molecule has 0 saturated carbocycles. The quantitative estimate of drug-likeness (QED) is 0.459. The van der Waals surface area contributed by atoms with Crippen molar-refractivity contribution >= 4 is 11.9 Å². The number of unbranched alkanes of at least 4 members (excludes halogenated alkanes) is 2. The summed E-state index contributed by atoms with van der Waals surface area (Å²) in [5, 5.41) is 0. The molecule has 0 fully saturated rings. The number of rotatable bonds is 9. The lowest BCUT2D eigenvalue weighted by Crippen LogP contribution is -2.13. The third-order valence-corrected chi connectivity index (χ3v) is 3.09. The number of ether oxygens (including phenoxy) is 2. The standard InChI is InChI=1S/C10H20O2.C7H14O2/c1-4-6-7-8-10(11)12-9(3)5-2;1-4-6(3)9-7(8)5-2/h9H,4-8H2,1-3H3;6H,4-5H2,1-3H3. The molecule has 126 valence electrons. The third-order valence-electron chi connectivity index (χ3n) is 3.09. The minimum atomic E-state index is -0.107. The first-order valence-electron chi connectivity index (χ1n) is 8.29. The van der Waals surface area contributed by atoms with Crippen molar-refractivity contribution in [3.63, 3.8) is 0 Å². The Balaban J connectivity index is 0. The van der Waals surface area contributed by atoms with Gasteiger partial charge in [0.1, 0.15) is 0 Å². The highest BCUT2D eigenvalue weighted by Gasteiger charge is 2.06. The number of hydrogen-bond donors (Lipinski definition) is 0. The molecule has 4 nitrogen and oxygen atoms in total. The van der Waals surface area contributed by atoms with Crippen LogP contribution in [0.3, 0.4) is 0 Å². The number of carbonyl (C=O) groups is 2. The van der Waals surface area contributed by atoms with Gasteiger partial charge in [-0.1, -0.05) is 40.5 Å². The Bertz CT molecular complexity index is 264. The highest BCUT2D eigenvalue weighted by atomic mass is 16.5. The lowest BCUT2D eigenvalue weighted by atomic mass is 10.2. The van der Waals surface area contributed by atoms with Gasteiger partial charge in [-0.15, -0.1) is 0 Å². The zero-order valence-electron chi connectivity index (χ0n) is 14.7. The van der Waals surface area contributed by atoms with E-state index in [0.29, 0.717) is 12.8 Å². The molecule has 21 heavy (non-hydrogen) atoms. The van der Waals surface area contributed by atoms with Crippen LogP contribution in [0.25, 0.3) is 0 Å². The van der Waals surface area contributed by atoms with Crippen molar-refractivity contribution in [2.45, 2.75) is 98.7 Å². The van der Waals surface area contributed by atoms with Gasteiger partial charge < -0.3 is 9.47 Å². The molecular formula is C17H34O4. The Hall–Kier alpha value is -1.06. The lowest BCUT2D eigenvalue weighted by molar-refractivity contribution is -0.149. The predicted octanol–water partition coefficient (Wildman–Crippen LogP) is 4.65. The van der Waals surface area contributed by atoms with Crippen LogP contribution in [-0.2, 0) is 19.1 Å². The molecule has 0 saturated heterocycles. The van der Waals surface area contributed by atoms with Crippen LogP contribution in [-0.4, -0.2) is 24.1 Å². The zero-order valence-corrected chi connectivity index (χ0v) is 14.7. The van der Waals surface area contributed by atoms with Gasteiger partial charge in [0.05, 0.1) is 12.2 Å². The summed E-state index contributed by atoms with van der Waals surface area (Å²) in [6, 6.07) is 0. The molecule has 0 rings (SSSR count). The Morgan fingerprint density at radius 2 is 1.29 bits per heavy atom. The van der Waals surface area contributed by atoms with Crippen LogP contribution < -0.4 is 0 Å². The second-order valence-electron chi connectivity index (χ2n) is 5.23. The molecule has 0 aromatic heterocycles. The molecule has 4 heteroatoms. The van der Waals surface area contributed by atoms with Crippen LogP contribution >= 0.6 is 0 Å². The number of esters is 2. The molecular weight excluding hydrogens is 268 g/mol. The van der Waals surface area contributed by atoms with E-state index < -0.39 is 0 Å². The average molecular weight is 302 g/mol. The van der Waals surface area contributed by atoms with E-state index >= 15 is 0 Å². The van der Waals surface area contributed by atoms with Gasteiger partial charge in [0.15, 0.2) is 0 Å². The molecule has 0 aliphatic heterocycles. The maximum atomic E-state index is 11.1. The Kier molecular flexibility index (Phi) is 16.2. The average Bonchev–Trinajstić information content (AvgIpc) is 2.47. The summed E-state index contributed by atoms with van der Waals surface area (Å²) in [5.41, 5.74) is 0. The topological polar surface area (TPSA) is 52.6 Å². The first-order chi connectivity index (χ1) is 9.90. The van der Waals surface area contributed by atoms with Crippen molar-refractivity contribution in [3.8, 4) is 0 Å². The van der Waals surface area contributed by atoms with Gasteiger partial charge in [-0.25, -0.2) is 0 Å². The van der Waals surface area contributed by atoms with E-state index in [0.717, 1.165) is 32.1 Å². The molecule has 0 spiro atoms. The molecule has 0 aromatic carbocycles. The second-order valence-corrected chi connectivity index (χ2v) is 5.23. The van der Waals surface area contributed by atoms with Crippen LogP contribution in [0.2, 0.25) is 0 Å². The fraction of sp³-hybridized carbons (Fsp3) is 0.882. The van der Waals surface area contributed by atoms with E-state index in [2.05, 4.69) is 6.92 Å². The highest BCUT2D eigenvalue weighted by molar-refractivity contribution is 5.69. The summed E-state index contributed by atoms with van der Waals surface area (Å²) < 4.78 is 10.0. The molecule has 2 atom stereocenters. The van der Waals surface area contributed by atoms with Crippen molar-refractivity contribution in [2.75, 3.05) is 0 Å². The summed E-state index contributed by atoms with van der Waals surface area (Å²) in [5.74, 6) is -0.151. The summed E-state index contributed by atoms with van der Waals surface area (Å²) in [4.78, 5) is 21.6. The fourth-order valence-electron chi connectivity index (χ4n) is 1.28. The fourth-order valence-corrected chi connectivity index (χ4v) is 1.28. The van der Waals surface area contributed by atoms with Gasteiger partial charge in [-0.3, -0.25) is 9.59 Å². The Morgan fingerprint density at radius 3 is 1.67 bits per heavy atom. The minimum Gasteiger partial charge on any atom is -0.463 e. The molecule has 0 aromatic rings. The second kappa shape index (κ2) is 15.3. The van der Waals surface area contributed by atoms with Crippen molar-refractivity contribution in [1.29, 1.82) is 0 Å². The lowest BCUT2D eigenvalue weighted by Gasteiger charge is -2.09. The van der Waals surface area contributed by atoms with Crippen molar-refractivity contribution in [1.82, 2.24) is 0 Å². The molecule has 0 heterocycles. The van der Waals surface area contributed by atoms with Crippen molar-refractivity contribution in [3.05, 3.63) is 0 Å². The monoisotopic (exact) mass is 302 g/mol. The molecule has 0 aliphatic carbocycles. The number of carbonyl (C=O) groups excluding carboxylic acids is 2. The van der Waals surface area contributed by atoms with Crippen molar-refractivity contribution < 1.29 is 19.1 Å². The van der Waals surface area contributed by atoms with E-state index in [4.69, 9.17) is 9.47 Å². The predicted molar refractivity (Wildman–Crippen MR) is 86.1 cm³/mol.